The van der Waals surface area contributed by atoms with Crippen LogP contribution in [0.15, 0.2) is 24.3 Å². The lowest BCUT2D eigenvalue weighted by Crippen LogP contribution is -2.37. The van der Waals surface area contributed by atoms with Crippen molar-refractivity contribution in [3.8, 4) is 0 Å². The molecule has 3 nitrogen and oxygen atoms in total. The molecule has 1 unspecified atom stereocenters. The van der Waals surface area contributed by atoms with E-state index in [9.17, 15) is 4.79 Å². The second-order valence-corrected chi connectivity index (χ2v) is 6.65. The van der Waals surface area contributed by atoms with Crippen molar-refractivity contribution in [2.75, 3.05) is 7.05 Å². The van der Waals surface area contributed by atoms with E-state index >= 15 is 0 Å². The minimum atomic E-state index is 0.148. The molecule has 1 aromatic rings. The number of amides is 1. The smallest absolute Gasteiger partial charge is 0.226 e. The molecule has 0 bridgehead atoms. The van der Waals surface area contributed by atoms with E-state index in [4.69, 9.17) is 5.73 Å². The van der Waals surface area contributed by atoms with Crippen molar-refractivity contribution >= 4 is 5.91 Å². The van der Waals surface area contributed by atoms with E-state index in [0.717, 1.165) is 24.0 Å². The molecule has 0 saturated heterocycles. The fraction of sp³-hybridized carbons (Fsp3) is 0.588. The number of carbonyl (C=O) groups is 1. The molecule has 0 spiro atoms. The molecule has 0 aliphatic heterocycles. The summed E-state index contributed by atoms with van der Waals surface area (Å²) in [5, 5.41) is 0. The van der Waals surface area contributed by atoms with Crippen LogP contribution in [0.4, 0.5) is 0 Å². The van der Waals surface area contributed by atoms with E-state index in [-0.39, 0.29) is 17.2 Å². The van der Waals surface area contributed by atoms with Gasteiger partial charge in [-0.3, -0.25) is 4.79 Å². The van der Waals surface area contributed by atoms with Gasteiger partial charge in [0.25, 0.3) is 0 Å². The van der Waals surface area contributed by atoms with E-state index in [0.29, 0.717) is 13.1 Å². The molecule has 2 N–H and O–H groups in total. The maximum Gasteiger partial charge on any atom is 0.226 e. The number of hydrogen-bond donors (Lipinski definition) is 1. The summed E-state index contributed by atoms with van der Waals surface area (Å²) in [6, 6.07) is 8.19. The van der Waals surface area contributed by atoms with Crippen LogP contribution in [0.25, 0.3) is 0 Å². The van der Waals surface area contributed by atoms with Crippen LogP contribution in [0.2, 0.25) is 0 Å². The highest BCUT2D eigenvalue weighted by Gasteiger charge is 2.40. The lowest BCUT2D eigenvalue weighted by atomic mass is 9.81. The Bertz CT molecular complexity index is 464. The summed E-state index contributed by atoms with van der Waals surface area (Å²) in [5.74, 6) is 0.464. The Balaban J connectivity index is 2.00. The summed E-state index contributed by atoms with van der Waals surface area (Å²) < 4.78 is 0. The molecule has 1 amide bonds. The van der Waals surface area contributed by atoms with Crippen LogP contribution < -0.4 is 5.73 Å². The van der Waals surface area contributed by atoms with Crippen LogP contribution in [0.5, 0.6) is 0 Å². The number of nitrogens with two attached hydrogens (primary N) is 1. The Labute approximate surface area is 122 Å². The average molecular weight is 274 g/mol. The van der Waals surface area contributed by atoms with Crippen LogP contribution >= 0.6 is 0 Å². The van der Waals surface area contributed by atoms with Crippen LogP contribution in [-0.4, -0.2) is 17.9 Å². The van der Waals surface area contributed by atoms with Crippen molar-refractivity contribution in [1.82, 2.24) is 4.90 Å². The average Bonchev–Trinajstić information content (AvgIpc) is 2.78. The molecule has 20 heavy (non-hydrogen) atoms. The van der Waals surface area contributed by atoms with Gasteiger partial charge in [-0.15, -0.1) is 0 Å². The van der Waals surface area contributed by atoms with Crippen molar-refractivity contribution in [3.05, 3.63) is 35.4 Å². The molecule has 110 valence electrons. The van der Waals surface area contributed by atoms with Gasteiger partial charge >= 0.3 is 0 Å². The van der Waals surface area contributed by atoms with Gasteiger partial charge in [-0.1, -0.05) is 44.5 Å². The van der Waals surface area contributed by atoms with Crippen molar-refractivity contribution in [2.24, 2.45) is 17.1 Å². The number of benzene rings is 1. The number of rotatable bonds is 4. The van der Waals surface area contributed by atoms with Crippen molar-refractivity contribution in [3.63, 3.8) is 0 Å². The molecule has 2 rings (SSSR count). The highest BCUT2D eigenvalue weighted by atomic mass is 16.2. The van der Waals surface area contributed by atoms with Gasteiger partial charge < -0.3 is 10.6 Å². The summed E-state index contributed by atoms with van der Waals surface area (Å²) in [7, 11) is 1.91. The number of carbonyl (C=O) groups excluding carboxylic acids is 1. The van der Waals surface area contributed by atoms with Crippen molar-refractivity contribution in [1.29, 1.82) is 0 Å². The van der Waals surface area contributed by atoms with E-state index < -0.39 is 0 Å². The molecule has 1 saturated carbocycles. The largest absolute Gasteiger partial charge is 0.341 e. The maximum absolute atomic E-state index is 12.6. The molecular formula is C17H26N2O. The van der Waals surface area contributed by atoms with Gasteiger partial charge in [-0.05, 0) is 29.4 Å². The topological polar surface area (TPSA) is 46.3 Å². The minimum Gasteiger partial charge on any atom is -0.341 e. The van der Waals surface area contributed by atoms with Crippen molar-refractivity contribution in [2.45, 2.75) is 46.2 Å². The quantitative estimate of drug-likeness (QED) is 0.917. The highest BCUT2D eigenvalue weighted by Crippen LogP contribution is 2.43. The highest BCUT2D eigenvalue weighted by molar-refractivity contribution is 5.79. The summed E-state index contributed by atoms with van der Waals surface area (Å²) in [6.45, 7) is 5.67. The first-order valence-electron chi connectivity index (χ1n) is 7.47. The Morgan fingerprint density at radius 2 is 1.90 bits per heavy atom. The van der Waals surface area contributed by atoms with Gasteiger partial charge in [-0.25, -0.2) is 0 Å². The van der Waals surface area contributed by atoms with Gasteiger partial charge in [0.1, 0.15) is 0 Å². The first-order valence-corrected chi connectivity index (χ1v) is 7.47. The van der Waals surface area contributed by atoms with Gasteiger partial charge in [0.15, 0.2) is 0 Å². The van der Waals surface area contributed by atoms with Gasteiger partial charge in [0.2, 0.25) is 5.91 Å². The Kier molecular flexibility index (Phi) is 4.48. The molecule has 1 aromatic carbocycles. The third-order valence-electron chi connectivity index (χ3n) is 4.61. The second kappa shape index (κ2) is 5.96. The normalized spacial score (nSPS) is 20.9. The first-order chi connectivity index (χ1) is 9.44. The van der Waals surface area contributed by atoms with E-state index in [1.54, 1.807) is 0 Å². The summed E-state index contributed by atoms with van der Waals surface area (Å²) in [5.41, 5.74) is 8.03. The lowest BCUT2D eigenvalue weighted by molar-refractivity contribution is -0.137. The van der Waals surface area contributed by atoms with Crippen LogP contribution in [0.3, 0.4) is 0 Å². The van der Waals surface area contributed by atoms with Crippen molar-refractivity contribution < 1.29 is 4.79 Å². The molecule has 0 heterocycles. The monoisotopic (exact) mass is 274 g/mol. The molecule has 3 heteroatoms. The predicted molar refractivity (Wildman–Crippen MR) is 81.9 cm³/mol. The zero-order valence-electron chi connectivity index (χ0n) is 12.9. The molecule has 1 fully saturated rings. The third kappa shape index (κ3) is 3.21. The first kappa shape index (κ1) is 15.0. The summed E-state index contributed by atoms with van der Waals surface area (Å²) >= 11 is 0. The second-order valence-electron chi connectivity index (χ2n) is 6.65. The van der Waals surface area contributed by atoms with E-state index in [2.05, 4.69) is 26.0 Å². The molecule has 0 radical (unpaired) electrons. The lowest BCUT2D eigenvalue weighted by Gasteiger charge is -2.30. The molecule has 1 aliphatic carbocycles. The Hall–Kier alpha value is -1.35. The van der Waals surface area contributed by atoms with Gasteiger partial charge in [0, 0.05) is 26.1 Å². The fourth-order valence-corrected chi connectivity index (χ4v) is 3.18. The zero-order chi connectivity index (χ0) is 14.8. The zero-order valence-corrected chi connectivity index (χ0v) is 12.9. The van der Waals surface area contributed by atoms with Gasteiger partial charge in [0.05, 0.1) is 0 Å². The maximum atomic E-state index is 12.6. The van der Waals surface area contributed by atoms with E-state index in [1.165, 1.54) is 6.42 Å². The van der Waals surface area contributed by atoms with Crippen LogP contribution in [0, 0.1) is 11.3 Å². The summed E-state index contributed by atoms with van der Waals surface area (Å²) in [6.07, 6.45) is 3.35. The van der Waals surface area contributed by atoms with Crippen LogP contribution in [-0.2, 0) is 17.9 Å². The van der Waals surface area contributed by atoms with E-state index in [1.807, 2.05) is 24.1 Å². The third-order valence-corrected chi connectivity index (χ3v) is 4.61. The number of hydrogen-bond acceptors (Lipinski definition) is 2. The summed E-state index contributed by atoms with van der Waals surface area (Å²) in [4.78, 5) is 14.5. The molecular weight excluding hydrogens is 248 g/mol. The fourth-order valence-electron chi connectivity index (χ4n) is 3.18. The van der Waals surface area contributed by atoms with Crippen LogP contribution in [0.1, 0.15) is 44.2 Å². The Morgan fingerprint density at radius 3 is 2.40 bits per heavy atom. The minimum absolute atomic E-state index is 0.148. The Morgan fingerprint density at radius 1 is 1.30 bits per heavy atom. The predicted octanol–water partition coefficient (Wildman–Crippen LogP) is 2.93. The molecule has 0 aromatic heterocycles. The van der Waals surface area contributed by atoms with Gasteiger partial charge in [-0.2, -0.15) is 0 Å². The SMILES string of the molecule is CN(Cc1ccc(CN)cc1)C(=O)C1CCCC1(C)C. The molecule has 1 atom stereocenters. The number of nitrogens with zero attached hydrogens (tertiary/aromatic N) is 1. The standard InChI is InChI=1S/C17H26N2O/c1-17(2)10-4-5-15(17)16(20)19(3)12-14-8-6-13(11-18)7-9-14/h6-9,15H,4-5,10-12,18H2,1-3H3. The molecule has 1 aliphatic rings.